The molecule has 2 N–H and O–H groups in total. The Hall–Kier alpha value is -3.93. The minimum absolute atomic E-state index is 0.491. The summed E-state index contributed by atoms with van der Waals surface area (Å²) >= 11 is 0. The summed E-state index contributed by atoms with van der Waals surface area (Å²) in [6.07, 6.45) is 0. The van der Waals surface area contributed by atoms with Crippen LogP contribution >= 0.6 is 0 Å². The van der Waals surface area contributed by atoms with Crippen molar-refractivity contribution in [2.24, 2.45) is 5.10 Å². The summed E-state index contributed by atoms with van der Waals surface area (Å²) in [5.74, 6) is -0.863. The van der Waals surface area contributed by atoms with Gasteiger partial charge in [-0.05, 0) is 80.3 Å². The largest absolute Gasteiger partial charge is 0.489 e. The predicted octanol–water partition coefficient (Wildman–Crippen LogP) is 4.67. The molecule has 2 amide bonds. The van der Waals surface area contributed by atoms with Crippen LogP contribution in [0.1, 0.15) is 34.7 Å². The van der Waals surface area contributed by atoms with Crippen molar-refractivity contribution in [3.8, 4) is 5.75 Å². The summed E-state index contributed by atoms with van der Waals surface area (Å²) in [6.45, 7) is 8.14. The second-order valence-electron chi connectivity index (χ2n) is 7.65. The quantitative estimate of drug-likeness (QED) is 0.339. The smallest absolute Gasteiger partial charge is 0.329 e. The Bertz CT molecular complexity index is 1150. The monoisotopic (exact) mass is 429 g/mol. The van der Waals surface area contributed by atoms with E-state index in [0.29, 0.717) is 18.0 Å². The molecule has 0 saturated carbocycles. The third-order valence-electron chi connectivity index (χ3n) is 5.09. The van der Waals surface area contributed by atoms with E-state index < -0.39 is 11.8 Å². The Kier molecular flexibility index (Phi) is 7.39. The summed E-state index contributed by atoms with van der Waals surface area (Å²) in [6, 6.07) is 21.1. The van der Waals surface area contributed by atoms with E-state index in [-0.39, 0.29) is 0 Å². The van der Waals surface area contributed by atoms with Gasteiger partial charge in [0.1, 0.15) is 12.4 Å². The Balaban J connectivity index is 1.55. The topological polar surface area (TPSA) is 79.8 Å². The van der Waals surface area contributed by atoms with E-state index in [0.717, 1.165) is 28.0 Å². The maximum atomic E-state index is 12.1. The first-order valence-electron chi connectivity index (χ1n) is 10.3. The molecule has 164 valence electrons. The number of benzene rings is 3. The fraction of sp³-hybridized carbons (Fsp3) is 0.192. The lowest BCUT2D eigenvalue weighted by atomic mass is 10.1. The molecule has 0 atom stereocenters. The van der Waals surface area contributed by atoms with Crippen LogP contribution in [0.2, 0.25) is 0 Å². The molecule has 6 nitrogen and oxygen atoms in total. The van der Waals surface area contributed by atoms with E-state index >= 15 is 0 Å². The Morgan fingerprint density at radius 1 is 0.875 bits per heavy atom. The van der Waals surface area contributed by atoms with Gasteiger partial charge in [-0.2, -0.15) is 5.10 Å². The van der Waals surface area contributed by atoms with E-state index in [1.807, 2.05) is 68.4 Å². The summed E-state index contributed by atoms with van der Waals surface area (Å²) in [7, 11) is 0. The molecular weight excluding hydrogens is 402 g/mol. The third kappa shape index (κ3) is 6.04. The van der Waals surface area contributed by atoms with Crippen LogP contribution < -0.4 is 15.5 Å². The van der Waals surface area contributed by atoms with Crippen LogP contribution in [0, 0.1) is 20.8 Å². The van der Waals surface area contributed by atoms with Gasteiger partial charge in [0.05, 0.1) is 5.71 Å². The van der Waals surface area contributed by atoms with Crippen LogP contribution in [0.25, 0.3) is 0 Å². The molecule has 0 saturated heterocycles. The second-order valence-corrected chi connectivity index (χ2v) is 7.65. The lowest BCUT2D eigenvalue weighted by Gasteiger charge is -2.10. The van der Waals surface area contributed by atoms with E-state index in [1.165, 1.54) is 5.56 Å². The number of rotatable bonds is 6. The van der Waals surface area contributed by atoms with Crippen LogP contribution in [0.4, 0.5) is 5.69 Å². The highest BCUT2D eigenvalue weighted by atomic mass is 16.5. The van der Waals surface area contributed by atoms with Crippen molar-refractivity contribution in [3.63, 3.8) is 0 Å². The van der Waals surface area contributed by atoms with Gasteiger partial charge in [0.25, 0.3) is 0 Å². The maximum absolute atomic E-state index is 12.1. The number of nitrogens with zero attached hydrogens (tertiary/aromatic N) is 1. The van der Waals surface area contributed by atoms with Crippen molar-refractivity contribution in [2.75, 3.05) is 5.32 Å². The molecule has 0 spiro atoms. The van der Waals surface area contributed by atoms with Crippen molar-refractivity contribution < 1.29 is 14.3 Å². The summed E-state index contributed by atoms with van der Waals surface area (Å²) in [5, 5.41) is 6.65. The van der Waals surface area contributed by atoms with Crippen molar-refractivity contribution in [2.45, 2.75) is 34.3 Å². The number of amides is 2. The predicted molar refractivity (Wildman–Crippen MR) is 127 cm³/mol. The number of hydrogen-bond acceptors (Lipinski definition) is 4. The van der Waals surface area contributed by atoms with Gasteiger partial charge in [-0.25, -0.2) is 5.43 Å². The first-order chi connectivity index (χ1) is 15.3. The SMILES string of the molecule is C/C(=N\NC(=O)C(=O)Nc1ccc(C)cc1C)c1ccc(OCc2ccccc2C)cc1. The van der Waals surface area contributed by atoms with E-state index in [1.54, 1.807) is 13.0 Å². The van der Waals surface area contributed by atoms with E-state index in [9.17, 15) is 9.59 Å². The molecule has 0 aliphatic heterocycles. The molecule has 0 bridgehead atoms. The third-order valence-corrected chi connectivity index (χ3v) is 5.09. The number of ether oxygens (including phenoxy) is 1. The molecular formula is C26H27N3O3. The molecule has 3 aromatic rings. The van der Waals surface area contributed by atoms with Crippen LogP contribution in [0.15, 0.2) is 71.8 Å². The van der Waals surface area contributed by atoms with Gasteiger partial charge in [0.2, 0.25) is 0 Å². The molecule has 0 aromatic heterocycles. The van der Waals surface area contributed by atoms with Crippen LogP contribution in [-0.4, -0.2) is 17.5 Å². The fourth-order valence-corrected chi connectivity index (χ4v) is 3.11. The van der Waals surface area contributed by atoms with Gasteiger partial charge in [-0.15, -0.1) is 0 Å². The molecule has 3 rings (SSSR count). The van der Waals surface area contributed by atoms with Gasteiger partial charge in [0, 0.05) is 5.69 Å². The molecule has 0 radical (unpaired) electrons. The van der Waals surface area contributed by atoms with Gasteiger partial charge in [-0.3, -0.25) is 9.59 Å². The minimum Gasteiger partial charge on any atom is -0.489 e. The summed E-state index contributed by atoms with van der Waals surface area (Å²) in [5.41, 5.74) is 8.57. The number of hydrogen-bond donors (Lipinski definition) is 2. The molecule has 0 unspecified atom stereocenters. The van der Waals surface area contributed by atoms with Gasteiger partial charge in [-0.1, -0.05) is 42.0 Å². The van der Waals surface area contributed by atoms with Crippen molar-refractivity contribution in [1.82, 2.24) is 5.43 Å². The Morgan fingerprint density at radius 2 is 1.59 bits per heavy atom. The molecule has 6 heteroatoms. The van der Waals surface area contributed by atoms with Crippen molar-refractivity contribution in [3.05, 3.63) is 94.5 Å². The zero-order valence-corrected chi connectivity index (χ0v) is 18.7. The highest BCUT2D eigenvalue weighted by Crippen LogP contribution is 2.17. The maximum Gasteiger partial charge on any atom is 0.329 e. The number of aryl methyl sites for hydroxylation is 3. The molecule has 3 aromatic carbocycles. The van der Waals surface area contributed by atoms with Crippen LogP contribution in [0.3, 0.4) is 0 Å². The number of nitrogens with one attached hydrogen (secondary N) is 2. The number of carbonyl (C=O) groups excluding carboxylic acids is 2. The number of carbonyl (C=O) groups is 2. The lowest BCUT2D eigenvalue weighted by Crippen LogP contribution is -2.33. The number of anilines is 1. The molecule has 0 aliphatic rings. The molecule has 0 fully saturated rings. The average molecular weight is 430 g/mol. The van der Waals surface area contributed by atoms with Gasteiger partial charge < -0.3 is 10.1 Å². The van der Waals surface area contributed by atoms with E-state index in [2.05, 4.69) is 28.8 Å². The average Bonchev–Trinajstić information content (AvgIpc) is 2.78. The van der Waals surface area contributed by atoms with Crippen molar-refractivity contribution >= 4 is 23.2 Å². The highest BCUT2D eigenvalue weighted by Gasteiger charge is 2.14. The van der Waals surface area contributed by atoms with Gasteiger partial charge >= 0.3 is 11.8 Å². The molecule has 32 heavy (non-hydrogen) atoms. The summed E-state index contributed by atoms with van der Waals surface area (Å²) < 4.78 is 5.85. The highest BCUT2D eigenvalue weighted by molar-refractivity contribution is 6.39. The molecule has 0 aliphatic carbocycles. The Morgan fingerprint density at radius 3 is 2.28 bits per heavy atom. The minimum atomic E-state index is -0.831. The zero-order valence-electron chi connectivity index (χ0n) is 18.7. The van der Waals surface area contributed by atoms with Crippen molar-refractivity contribution in [1.29, 1.82) is 0 Å². The normalized spacial score (nSPS) is 11.1. The Labute approximate surface area is 188 Å². The standard InChI is InChI=1S/C26H27N3O3/c1-17-9-14-24(19(3)15-17)27-25(30)26(31)29-28-20(4)21-10-12-23(13-11-21)32-16-22-8-6-5-7-18(22)2/h5-15H,16H2,1-4H3,(H,27,30)(H,29,31)/b28-20+. The van der Waals surface area contributed by atoms with Crippen LogP contribution in [-0.2, 0) is 16.2 Å². The molecule has 0 heterocycles. The first kappa shape index (κ1) is 22.7. The first-order valence-corrected chi connectivity index (χ1v) is 10.3. The zero-order chi connectivity index (χ0) is 23.1. The van der Waals surface area contributed by atoms with Gasteiger partial charge in [0.15, 0.2) is 0 Å². The number of hydrazone groups is 1. The van der Waals surface area contributed by atoms with E-state index in [4.69, 9.17) is 4.74 Å². The second kappa shape index (κ2) is 10.4. The lowest BCUT2D eigenvalue weighted by molar-refractivity contribution is -0.136. The fourth-order valence-electron chi connectivity index (χ4n) is 3.11. The van der Waals surface area contributed by atoms with Crippen LogP contribution in [0.5, 0.6) is 5.75 Å². The summed E-state index contributed by atoms with van der Waals surface area (Å²) in [4.78, 5) is 24.3.